The predicted octanol–water partition coefficient (Wildman–Crippen LogP) is 1.27. The van der Waals surface area contributed by atoms with Crippen LogP contribution in [0.15, 0.2) is 39.9 Å². The summed E-state index contributed by atoms with van der Waals surface area (Å²) < 4.78 is 15.9. The molecule has 0 atom stereocenters. The molecular weight excluding hydrogens is 413 g/mol. The molecule has 0 N–H and O–H groups in total. The van der Waals surface area contributed by atoms with E-state index in [-0.39, 0.29) is 28.9 Å². The second kappa shape index (κ2) is 9.18. The highest BCUT2D eigenvalue weighted by Crippen LogP contribution is 2.25. The van der Waals surface area contributed by atoms with Crippen LogP contribution in [0.25, 0.3) is 0 Å². The van der Waals surface area contributed by atoms with Crippen LogP contribution < -0.4 is 21.0 Å². The van der Waals surface area contributed by atoms with Crippen LogP contribution in [0.2, 0.25) is 0 Å². The van der Waals surface area contributed by atoms with E-state index in [0.29, 0.717) is 51.4 Å². The summed E-state index contributed by atoms with van der Waals surface area (Å²) >= 11 is 0. The van der Waals surface area contributed by atoms with Crippen LogP contribution in [0.1, 0.15) is 19.8 Å². The molecule has 0 radical (unpaired) electrons. The number of hydrogen-bond donors (Lipinski definition) is 0. The van der Waals surface area contributed by atoms with E-state index in [4.69, 9.17) is 0 Å². The van der Waals surface area contributed by atoms with Crippen molar-refractivity contribution in [3.8, 4) is 0 Å². The average molecular weight is 444 g/mol. The number of aromatic nitrogens is 2. The minimum Gasteiger partial charge on any atom is -0.368 e. The van der Waals surface area contributed by atoms with Crippen molar-refractivity contribution in [1.82, 2.24) is 14.0 Å². The quantitative estimate of drug-likeness (QED) is 0.712. The summed E-state index contributed by atoms with van der Waals surface area (Å²) in [4.78, 5) is 43.8. The molecule has 2 fully saturated rings. The van der Waals surface area contributed by atoms with E-state index in [1.165, 1.54) is 25.2 Å². The Bertz CT molecular complexity index is 1080. The molecule has 0 spiro atoms. The van der Waals surface area contributed by atoms with Crippen molar-refractivity contribution in [2.45, 2.75) is 26.3 Å². The Balaban J connectivity index is 1.35. The maximum Gasteiger partial charge on any atom is 0.332 e. The Morgan fingerprint density at radius 2 is 1.59 bits per heavy atom. The zero-order valence-corrected chi connectivity index (χ0v) is 18.7. The molecule has 1 aromatic carbocycles. The van der Waals surface area contributed by atoms with Crippen LogP contribution in [-0.4, -0.2) is 59.2 Å². The van der Waals surface area contributed by atoms with Crippen molar-refractivity contribution in [3.63, 3.8) is 0 Å². The largest absolute Gasteiger partial charge is 0.368 e. The molecule has 0 aliphatic carbocycles. The van der Waals surface area contributed by atoms with Gasteiger partial charge in [0.25, 0.3) is 5.56 Å². The highest BCUT2D eigenvalue weighted by atomic mass is 19.1. The molecule has 2 aliphatic heterocycles. The average Bonchev–Trinajstić information content (AvgIpc) is 2.82. The molecule has 2 aromatic rings. The molecule has 0 saturated carbocycles. The summed E-state index contributed by atoms with van der Waals surface area (Å²) in [5.74, 6) is 0.525. The number of carbonyl (C=O) groups excluding carboxylic acids is 1. The first-order valence-electron chi connectivity index (χ1n) is 11.2. The van der Waals surface area contributed by atoms with Gasteiger partial charge >= 0.3 is 5.69 Å². The van der Waals surface area contributed by atoms with E-state index in [9.17, 15) is 18.8 Å². The Kier molecular flexibility index (Phi) is 6.34. The Hall–Kier alpha value is -3.10. The van der Waals surface area contributed by atoms with Crippen molar-refractivity contribution in [3.05, 3.63) is 57.0 Å². The van der Waals surface area contributed by atoms with E-state index >= 15 is 0 Å². The van der Waals surface area contributed by atoms with Crippen LogP contribution in [0.3, 0.4) is 0 Å². The zero-order chi connectivity index (χ0) is 22.8. The molecule has 9 heteroatoms. The fraction of sp³-hybridized carbons (Fsp3) is 0.522. The van der Waals surface area contributed by atoms with Gasteiger partial charge in [-0.25, -0.2) is 9.18 Å². The van der Waals surface area contributed by atoms with Gasteiger partial charge in [0.2, 0.25) is 5.91 Å². The van der Waals surface area contributed by atoms with Gasteiger partial charge in [-0.2, -0.15) is 0 Å². The number of anilines is 2. The van der Waals surface area contributed by atoms with Crippen molar-refractivity contribution < 1.29 is 9.18 Å². The second-order valence-electron chi connectivity index (χ2n) is 8.48. The minimum absolute atomic E-state index is 0.0445. The smallest absolute Gasteiger partial charge is 0.332 e. The fourth-order valence-corrected chi connectivity index (χ4v) is 4.67. The van der Waals surface area contributed by atoms with Crippen LogP contribution >= 0.6 is 0 Å². The summed E-state index contributed by atoms with van der Waals surface area (Å²) in [6, 6.07) is 7.98. The number of amides is 1. The molecule has 172 valence electrons. The Morgan fingerprint density at radius 1 is 0.969 bits per heavy atom. The maximum atomic E-state index is 13.2. The molecule has 1 aromatic heterocycles. The van der Waals surface area contributed by atoms with Crippen molar-refractivity contribution >= 4 is 17.4 Å². The van der Waals surface area contributed by atoms with Crippen LogP contribution in [0, 0.1) is 11.7 Å². The number of hydrogen-bond acceptors (Lipinski definition) is 5. The van der Waals surface area contributed by atoms with E-state index < -0.39 is 0 Å². The first-order chi connectivity index (χ1) is 15.4. The van der Waals surface area contributed by atoms with Crippen LogP contribution in [0.4, 0.5) is 15.9 Å². The number of halogens is 1. The number of nitrogens with zero attached hydrogens (tertiary/aromatic N) is 5. The number of benzene rings is 1. The van der Waals surface area contributed by atoms with Gasteiger partial charge in [0.1, 0.15) is 11.6 Å². The lowest BCUT2D eigenvalue weighted by Crippen LogP contribution is -2.52. The Morgan fingerprint density at radius 3 is 2.19 bits per heavy atom. The summed E-state index contributed by atoms with van der Waals surface area (Å²) in [5.41, 5.74) is 0.349. The molecular formula is C23H30FN5O3. The van der Waals surface area contributed by atoms with Crippen LogP contribution in [0.5, 0.6) is 0 Å². The van der Waals surface area contributed by atoms with E-state index in [2.05, 4.69) is 4.90 Å². The van der Waals surface area contributed by atoms with Gasteiger partial charge in [-0.05, 0) is 44.0 Å². The van der Waals surface area contributed by atoms with Gasteiger partial charge in [-0.1, -0.05) is 0 Å². The minimum atomic E-state index is -0.313. The number of carbonyl (C=O) groups is 1. The standard InChI is InChI=1S/C23H30FN5O3/c1-3-29-20(16-21(30)25(2)23(29)32)27-10-8-17(9-11-27)22(31)28-14-12-26(13-15-28)19-6-4-18(24)5-7-19/h4-7,16-17H,3,8-15H2,1-2H3. The third-order valence-electron chi connectivity index (χ3n) is 6.65. The van der Waals surface area contributed by atoms with Crippen LogP contribution in [-0.2, 0) is 18.4 Å². The topological polar surface area (TPSA) is 70.8 Å². The molecule has 2 saturated heterocycles. The van der Waals surface area contributed by atoms with Gasteiger partial charge in [0, 0.05) is 70.5 Å². The maximum absolute atomic E-state index is 13.2. The lowest BCUT2D eigenvalue weighted by atomic mass is 9.95. The van der Waals surface area contributed by atoms with Crippen molar-refractivity contribution in [1.29, 1.82) is 0 Å². The monoisotopic (exact) mass is 443 g/mol. The first-order valence-corrected chi connectivity index (χ1v) is 11.2. The number of piperazine rings is 1. The van der Waals surface area contributed by atoms with Gasteiger partial charge in [0.15, 0.2) is 0 Å². The lowest BCUT2D eigenvalue weighted by Gasteiger charge is -2.40. The predicted molar refractivity (Wildman–Crippen MR) is 122 cm³/mol. The van der Waals surface area contributed by atoms with Gasteiger partial charge in [0.05, 0.1) is 0 Å². The molecule has 2 aliphatic rings. The summed E-state index contributed by atoms with van der Waals surface area (Å²) in [6.07, 6.45) is 1.40. The summed E-state index contributed by atoms with van der Waals surface area (Å²) in [7, 11) is 1.49. The number of rotatable bonds is 4. The molecule has 0 bridgehead atoms. The van der Waals surface area contributed by atoms with E-state index in [1.807, 2.05) is 16.7 Å². The SMILES string of the molecule is CCn1c(N2CCC(C(=O)N3CCN(c4ccc(F)cc4)CC3)CC2)cc(=O)n(C)c1=O. The van der Waals surface area contributed by atoms with Gasteiger partial charge in [-0.3, -0.25) is 18.7 Å². The highest BCUT2D eigenvalue weighted by Gasteiger charge is 2.31. The summed E-state index contributed by atoms with van der Waals surface area (Å²) in [6.45, 7) is 6.41. The molecule has 8 nitrogen and oxygen atoms in total. The normalized spacial score (nSPS) is 17.7. The first kappa shape index (κ1) is 22.1. The zero-order valence-electron chi connectivity index (χ0n) is 18.7. The lowest BCUT2D eigenvalue weighted by molar-refractivity contribution is -0.136. The van der Waals surface area contributed by atoms with E-state index in [1.54, 1.807) is 16.7 Å². The molecule has 32 heavy (non-hydrogen) atoms. The summed E-state index contributed by atoms with van der Waals surface area (Å²) in [5, 5.41) is 0. The molecule has 1 amide bonds. The Labute approximate surface area is 186 Å². The fourth-order valence-electron chi connectivity index (χ4n) is 4.67. The van der Waals surface area contributed by atoms with E-state index in [0.717, 1.165) is 23.3 Å². The third kappa shape index (κ3) is 4.28. The number of piperidine rings is 1. The third-order valence-corrected chi connectivity index (χ3v) is 6.65. The second-order valence-corrected chi connectivity index (χ2v) is 8.48. The van der Waals surface area contributed by atoms with Crippen molar-refractivity contribution in [2.75, 3.05) is 49.1 Å². The highest BCUT2D eigenvalue weighted by molar-refractivity contribution is 5.79. The van der Waals surface area contributed by atoms with Gasteiger partial charge < -0.3 is 14.7 Å². The van der Waals surface area contributed by atoms with Crippen molar-refractivity contribution in [2.24, 2.45) is 13.0 Å². The van der Waals surface area contributed by atoms with Gasteiger partial charge in [-0.15, -0.1) is 0 Å². The molecule has 3 heterocycles. The molecule has 4 rings (SSSR count). The molecule has 0 unspecified atom stereocenters.